The number of fused-ring (bicyclic) bond motifs is 3. The Hall–Kier alpha value is -5.12. The molecule has 0 radical (unpaired) electrons. The molecule has 3 aliphatic carbocycles. The number of phenolic OH excluding ortho intramolecular Hbond substituents is 1. The van der Waals surface area contributed by atoms with Crippen molar-refractivity contribution in [1.82, 2.24) is 0 Å². The number of allylic oxidation sites excluding steroid dienone is 7. The summed E-state index contributed by atoms with van der Waals surface area (Å²) >= 11 is 0. The zero-order valence-electron chi connectivity index (χ0n) is 22.8. The van der Waals surface area contributed by atoms with Gasteiger partial charge in [-0.1, -0.05) is 35.9 Å². The van der Waals surface area contributed by atoms with Gasteiger partial charge >= 0.3 is 0 Å². The number of benzene rings is 2. The molecular formula is C32H26N2O8. The number of non-ortho nitro benzene ring substituents is 1. The second-order valence-electron chi connectivity index (χ2n) is 10.9. The SMILES string of the molecule is COc1cc(C=C[C@H]2C3=CC[C@@H]4C(=O)N(c5cccc([N+](=O)[O-])c5)C(=O)[C@@H]4[C@@H]3CC3=C2C(=O)C=C(C)C3=O)ccc1O. The molecule has 2 aromatic carbocycles. The average Bonchev–Trinajstić information content (AvgIpc) is 3.24. The van der Waals surface area contributed by atoms with Gasteiger partial charge in [-0.2, -0.15) is 0 Å². The topological polar surface area (TPSA) is 144 Å². The van der Waals surface area contributed by atoms with Crippen LogP contribution < -0.4 is 9.64 Å². The number of imide groups is 1. The third-order valence-electron chi connectivity index (χ3n) is 8.59. The van der Waals surface area contributed by atoms with Crippen molar-refractivity contribution < 1.29 is 33.9 Å². The number of rotatable bonds is 5. The number of nitro groups is 1. The lowest BCUT2D eigenvalue weighted by molar-refractivity contribution is -0.384. The van der Waals surface area contributed by atoms with Crippen molar-refractivity contribution in [2.45, 2.75) is 19.8 Å². The van der Waals surface area contributed by atoms with Crippen LogP contribution in [0.15, 0.2) is 83.0 Å². The number of hydrogen-bond donors (Lipinski definition) is 1. The van der Waals surface area contributed by atoms with Gasteiger partial charge in [0.1, 0.15) is 0 Å². The van der Waals surface area contributed by atoms with E-state index >= 15 is 0 Å². The van der Waals surface area contributed by atoms with Crippen molar-refractivity contribution >= 4 is 40.8 Å². The number of carbonyl (C=O) groups is 4. The molecule has 10 heteroatoms. The molecule has 4 atom stereocenters. The summed E-state index contributed by atoms with van der Waals surface area (Å²) in [6.07, 6.45) is 7.20. The summed E-state index contributed by atoms with van der Waals surface area (Å²) in [6, 6.07) is 10.2. The zero-order chi connectivity index (χ0) is 29.9. The van der Waals surface area contributed by atoms with Gasteiger partial charge in [0.25, 0.3) is 5.69 Å². The predicted molar refractivity (Wildman–Crippen MR) is 151 cm³/mol. The van der Waals surface area contributed by atoms with Crippen molar-refractivity contribution in [1.29, 1.82) is 0 Å². The van der Waals surface area contributed by atoms with E-state index in [1.165, 1.54) is 43.5 Å². The zero-order valence-corrected chi connectivity index (χ0v) is 22.8. The van der Waals surface area contributed by atoms with Gasteiger partial charge in [-0.05, 0) is 55.5 Å². The molecule has 2 aromatic rings. The third kappa shape index (κ3) is 4.18. The van der Waals surface area contributed by atoms with E-state index in [9.17, 15) is 34.4 Å². The summed E-state index contributed by atoms with van der Waals surface area (Å²) in [5.74, 6) is -3.80. The molecule has 0 saturated carbocycles. The molecule has 1 N–H and O–H groups in total. The van der Waals surface area contributed by atoms with Crippen LogP contribution in [0.1, 0.15) is 25.3 Å². The standard InChI is InChI=1S/C32H26N2O8/c1-16-12-26(36)28-21(8-6-17-7-11-25(35)27(13-17)42-2)20-9-10-22-29(23(20)15-24(28)30(16)37)32(39)33(31(22)38)18-4-3-5-19(14-18)34(40)41/h3-9,11-14,21-23,29,35H,10,15H2,1-2H3/t21-,22-,23+,29-/m0/s1. The summed E-state index contributed by atoms with van der Waals surface area (Å²) in [5.41, 5.74) is 2.39. The first-order valence-electron chi connectivity index (χ1n) is 13.5. The molecule has 10 nitrogen and oxygen atoms in total. The van der Waals surface area contributed by atoms with Crippen molar-refractivity contribution in [3.05, 3.63) is 98.7 Å². The monoisotopic (exact) mass is 566 g/mol. The highest BCUT2D eigenvalue weighted by molar-refractivity contribution is 6.24. The third-order valence-corrected chi connectivity index (χ3v) is 8.59. The van der Waals surface area contributed by atoms with Gasteiger partial charge < -0.3 is 9.84 Å². The van der Waals surface area contributed by atoms with E-state index in [0.29, 0.717) is 22.3 Å². The number of carbonyl (C=O) groups excluding carboxylic acids is 4. The Morgan fingerprint density at radius 2 is 1.86 bits per heavy atom. The van der Waals surface area contributed by atoms with Gasteiger partial charge in [0, 0.05) is 34.8 Å². The number of nitro benzene ring substituents is 1. The highest BCUT2D eigenvalue weighted by Crippen LogP contribution is 2.53. The lowest BCUT2D eigenvalue weighted by atomic mass is 9.60. The van der Waals surface area contributed by atoms with E-state index in [0.717, 1.165) is 10.5 Å². The molecule has 212 valence electrons. The minimum atomic E-state index is -0.787. The molecule has 0 unspecified atom stereocenters. The Morgan fingerprint density at radius 3 is 2.60 bits per heavy atom. The molecule has 1 heterocycles. The van der Waals surface area contributed by atoms with Crippen molar-refractivity contribution in [2.24, 2.45) is 23.7 Å². The summed E-state index contributed by atoms with van der Waals surface area (Å²) in [5, 5.41) is 21.3. The summed E-state index contributed by atoms with van der Waals surface area (Å²) in [4.78, 5) is 65.9. The quantitative estimate of drug-likeness (QED) is 0.183. The number of ether oxygens (including phenoxy) is 1. The maximum Gasteiger partial charge on any atom is 0.271 e. The molecule has 0 aromatic heterocycles. The first kappa shape index (κ1) is 27.1. The smallest absolute Gasteiger partial charge is 0.271 e. The fourth-order valence-electron chi connectivity index (χ4n) is 6.67. The van der Waals surface area contributed by atoms with Crippen LogP contribution >= 0.6 is 0 Å². The molecule has 1 saturated heterocycles. The summed E-state index contributed by atoms with van der Waals surface area (Å²) in [7, 11) is 1.44. The second kappa shape index (κ2) is 10.1. The van der Waals surface area contributed by atoms with Gasteiger partial charge in [0.2, 0.25) is 11.8 Å². The number of ketones is 2. The lowest BCUT2D eigenvalue weighted by Gasteiger charge is -2.41. The molecule has 0 bridgehead atoms. The summed E-state index contributed by atoms with van der Waals surface area (Å²) < 4.78 is 5.21. The number of amides is 2. The van der Waals surface area contributed by atoms with Crippen LogP contribution in [0.5, 0.6) is 11.5 Å². The molecule has 2 amide bonds. The number of Topliss-reactive ketones (excluding diaryl/α,β-unsaturated/α-hetero) is 1. The lowest BCUT2D eigenvalue weighted by Crippen LogP contribution is -2.40. The maximum atomic E-state index is 13.9. The highest BCUT2D eigenvalue weighted by Gasteiger charge is 2.56. The van der Waals surface area contributed by atoms with Crippen LogP contribution in [-0.4, -0.2) is 40.5 Å². The van der Waals surface area contributed by atoms with Gasteiger partial charge in [-0.3, -0.25) is 29.3 Å². The second-order valence-corrected chi connectivity index (χ2v) is 10.9. The Balaban J connectivity index is 1.42. The van der Waals surface area contributed by atoms with Gasteiger partial charge in [0.15, 0.2) is 23.1 Å². The minimum Gasteiger partial charge on any atom is -0.504 e. The number of aromatic hydroxyl groups is 1. The first-order chi connectivity index (χ1) is 20.1. The van der Waals surface area contributed by atoms with Gasteiger partial charge in [-0.15, -0.1) is 0 Å². The number of phenols is 1. The molecule has 1 aliphatic heterocycles. The first-order valence-corrected chi connectivity index (χ1v) is 13.5. The minimum absolute atomic E-state index is 0.0233. The number of hydrogen-bond acceptors (Lipinski definition) is 8. The molecule has 6 rings (SSSR count). The van der Waals surface area contributed by atoms with E-state index < -0.39 is 40.4 Å². The number of methoxy groups -OCH3 is 1. The van der Waals surface area contributed by atoms with Crippen LogP contribution in [0.3, 0.4) is 0 Å². The average molecular weight is 567 g/mol. The van der Waals surface area contributed by atoms with Crippen LogP contribution in [0, 0.1) is 33.8 Å². The predicted octanol–water partition coefficient (Wildman–Crippen LogP) is 4.49. The fraction of sp³-hybridized carbons (Fsp3) is 0.250. The molecule has 4 aliphatic rings. The van der Waals surface area contributed by atoms with Crippen LogP contribution in [-0.2, 0) is 19.2 Å². The van der Waals surface area contributed by atoms with Gasteiger partial charge in [-0.25, -0.2) is 4.90 Å². The normalized spacial score (nSPS) is 25.2. The Labute approximate surface area is 240 Å². The van der Waals surface area contributed by atoms with Crippen molar-refractivity contribution in [2.75, 3.05) is 12.0 Å². The Kier molecular flexibility index (Phi) is 6.48. The number of nitrogens with zero attached hydrogens (tertiary/aromatic N) is 2. The fourth-order valence-corrected chi connectivity index (χ4v) is 6.67. The number of anilines is 1. The van der Waals surface area contributed by atoms with E-state index in [-0.39, 0.29) is 47.3 Å². The Bertz CT molecular complexity index is 1730. The largest absolute Gasteiger partial charge is 0.504 e. The highest BCUT2D eigenvalue weighted by atomic mass is 16.6. The van der Waals surface area contributed by atoms with Crippen LogP contribution in [0.2, 0.25) is 0 Å². The molecule has 42 heavy (non-hydrogen) atoms. The Morgan fingerprint density at radius 1 is 1.07 bits per heavy atom. The summed E-state index contributed by atoms with van der Waals surface area (Å²) in [6.45, 7) is 1.58. The van der Waals surface area contributed by atoms with Gasteiger partial charge in [0.05, 0.1) is 29.6 Å². The van der Waals surface area contributed by atoms with E-state index in [4.69, 9.17) is 4.74 Å². The van der Waals surface area contributed by atoms with Crippen molar-refractivity contribution in [3.63, 3.8) is 0 Å². The van der Waals surface area contributed by atoms with E-state index in [1.807, 2.05) is 6.08 Å². The molecule has 0 spiro atoms. The van der Waals surface area contributed by atoms with Crippen LogP contribution in [0.4, 0.5) is 11.4 Å². The van der Waals surface area contributed by atoms with Crippen LogP contribution in [0.25, 0.3) is 6.08 Å². The molecule has 1 fully saturated rings. The van der Waals surface area contributed by atoms with E-state index in [1.54, 1.807) is 31.2 Å². The van der Waals surface area contributed by atoms with E-state index in [2.05, 4.69) is 0 Å². The molecular weight excluding hydrogens is 540 g/mol. The maximum absolute atomic E-state index is 13.9. The van der Waals surface area contributed by atoms with Crippen molar-refractivity contribution in [3.8, 4) is 11.5 Å².